The predicted molar refractivity (Wildman–Crippen MR) is 39.2 cm³/mol. The number of carbonyl (C=O) groups excluding carboxylic acids is 1. The molecule has 0 N–H and O–H groups in total. The van der Waals surface area contributed by atoms with Gasteiger partial charge in [-0.1, -0.05) is 0 Å². The van der Waals surface area contributed by atoms with Crippen molar-refractivity contribution >= 4 is 5.78 Å². The van der Waals surface area contributed by atoms with Gasteiger partial charge >= 0.3 is 5.92 Å². The molecule has 2 nitrogen and oxygen atoms in total. The van der Waals surface area contributed by atoms with Crippen molar-refractivity contribution in [3.63, 3.8) is 0 Å². The number of rotatable bonds is 2. The zero-order valence-corrected chi connectivity index (χ0v) is 6.98. The van der Waals surface area contributed by atoms with Crippen LogP contribution in [0.25, 0.3) is 0 Å². The number of ketones is 1. The Hall–Kier alpha value is -0.510. The van der Waals surface area contributed by atoms with Gasteiger partial charge in [0.25, 0.3) is 0 Å². The summed E-state index contributed by atoms with van der Waals surface area (Å²) in [5.41, 5.74) is 0. The largest absolute Gasteiger partial charge is 0.381 e. The van der Waals surface area contributed by atoms with Crippen molar-refractivity contribution in [2.24, 2.45) is 5.92 Å². The molecule has 0 saturated carbocycles. The second kappa shape index (κ2) is 3.47. The van der Waals surface area contributed by atoms with Gasteiger partial charge in [-0.15, -0.1) is 0 Å². The molecule has 0 aromatic carbocycles. The van der Waals surface area contributed by atoms with Crippen LogP contribution in [0.5, 0.6) is 0 Å². The molecule has 1 saturated heterocycles. The second-order valence-corrected chi connectivity index (χ2v) is 3.07. The number of hydrogen-bond acceptors (Lipinski definition) is 2. The van der Waals surface area contributed by atoms with Crippen molar-refractivity contribution in [1.29, 1.82) is 0 Å². The highest BCUT2D eigenvalue weighted by Gasteiger charge is 2.44. The fraction of sp³-hybridized carbons (Fsp3) is 0.875. The van der Waals surface area contributed by atoms with E-state index in [4.69, 9.17) is 4.74 Å². The van der Waals surface area contributed by atoms with Crippen LogP contribution in [-0.4, -0.2) is 24.9 Å². The van der Waals surface area contributed by atoms with Crippen molar-refractivity contribution < 1.29 is 18.3 Å². The summed E-state index contributed by atoms with van der Waals surface area (Å²) in [7, 11) is 0. The van der Waals surface area contributed by atoms with Gasteiger partial charge in [0.2, 0.25) is 0 Å². The van der Waals surface area contributed by atoms with Crippen molar-refractivity contribution in [3.05, 3.63) is 0 Å². The van der Waals surface area contributed by atoms with E-state index in [1.54, 1.807) is 0 Å². The predicted octanol–water partition coefficient (Wildman–Crippen LogP) is 1.64. The summed E-state index contributed by atoms with van der Waals surface area (Å²) in [6.45, 7) is 1.62. The number of halogens is 2. The molecule has 12 heavy (non-hydrogen) atoms. The van der Waals surface area contributed by atoms with E-state index in [2.05, 4.69) is 0 Å². The van der Waals surface area contributed by atoms with Crippen LogP contribution >= 0.6 is 0 Å². The fourth-order valence-corrected chi connectivity index (χ4v) is 1.35. The Bertz CT molecular complexity index is 174. The van der Waals surface area contributed by atoms with Crippen molar-refractivity contribution in [2.45, 2.75) is 25.7 Å². The molecule has 0 amide bonds. The van der Waals surface area contributed by atoms with Crippen LogP contribution in [0.2, 0.25) is 0 Å². The molecule has 0 aliphatic carbocycles. The van der Waals surface area contributed by atoms with Crippen LogP contribution in [0.15, 0.2) is 0 Å². The van der Waals surface area contributed by atoms with Gasteiger partial charge in [0, 0.05) is 26.1 Å². The highest BCUT2D eigenvalue weighted by Crippen LogP contribution is 2.32. The van der Waals surface area contributed by atoms with E-state index in [-0.39, 0.29) is 12.8 Å². The number of carbonyl (C=O) groups is 1. The highest BCUT2D eigenvalue weighted by molar-refractivity contribution is 5.83. The van der Waals surface area contributed by atoms with Gasteiger partial charge in [0.1, 0.15) is 0 Å². The summed E-state index contributed by atoms with van der Waals surface area (Å²) >= 11 is 0. The number of hydrogen-bond donors (Lipinski definition) is 0. The van der Waals surface area contributed by atoms with E-state index < -0.39 is 17.6 Å². The molecular weight excluding hydrogens is 166 g/mol. The van der Waals surface area contributed by atoms with Crippen LogP contribution < -0.4 is 0 Å². The summed E-state index contributed by atoms with van der Waals surface area (Å²) in [6.07, 6.45) is 0.569. The number of alkyl halides is 2. The van der Waals surface area contributed by atoms with Crippen molar-refractivity contribution in [1.82, 2.24) is 0 Å². The third-order valence-electron chi connectivity index (χ3n) is 2.20. The zero-order chi connectivity index (χ0) is 9.19. The minimum absolute atomic E-state index is 0.284. The normalized spacial score (nSPS) is 20.9. The molecule has 0 aromatic heterocycles. The van der Waals surface area contributed by atoms with Crippen molar-refractivity contribution in [2.75, 3.05) is 13.2 Å². The van der Waals surface area contributed by atoms with Crippen LogP contribution in [0, 0.1) is 5.92 Å². The third-order valence-corrected chi connectivity index (χ3v) is 2.20. The van der Waals surface area contributed by atoms with Gasteiger partial charge in [-0.05, 0) is 12.8 Å². The molecule has 0 unspecified atom stereocenters. The molecule has 1 fully saturated rings. The maximum absolute atomic E-state index is 13.0. The quantitative estimate of drug-likeness (QED) is 0.642. The van der Waals surface area contributed by atoms with E-state index in [1.165, 1.54) is 0 Å². The fourth-order valence-electron chi connectivity index (χ4n) is 1.35. The first-order chi connectivity index (χ1) is 5.55. The minimum atomic E-state index is -3.15. The van der Waals surface area contributed by atoms with E-state index in [9.17, 15) is 13.6 Å². The lowest BCUT2D eigenvalue weighted by Crippen LogP contribution is -2.38. The van der Waals surface area contributed by atoms with Gasteiger partial charge in [-0.2, -0.15) is 8.78 Å². The zero-order valence-electron chi connectivity index (χ0n) is 6.98. The van der Waals surface area contributed by atoms with Crippen LogP contribution in [0.1, 0.15) is 19.8 Å². The maximum Gasteiger partial charge on any atom is 0.307 e. The van der Waals surface area contributed by atoms with Crippen LogP contribution in [-0.2, 0) is 9.53 Å². The molecular formula is C8H12F2O2. The maximum atomic E-state index is 13.0. The minimum Gasteiger partial charge on any atom is -0.381 e. The monoisotopic (exact) mass is 178 g/mol. The Kier molecular flexibility index (Phi) is 2.77. The Morgan fingerprint density at radius 2 is 1.92 bits per heavy atom. The SMILES string of the molecule is CC(=O)C(F)(F)C1CCOCC1. The molecule has 1 aliphatic rings. The average Bonchev–Trinajstić information content (AvgIpc) is 2.06. The topological polar surface area (TPSA) is 26.3 Å². The van der Waals surface area contributed by atoms with Gasteiger partial charge in [-0.3, -0.25) is 4.79 Å². The summed E-state index contributed by atoms with van der Waals surface area (Å²) in [5, 5.41) is 0. The average molecular weight is 178 g/mol. The molecule has 0 bridgehead atoms. The van der Waals surface area contributed by atoms with E-state index in [1.807, 2.05) is 0 Å². The van der Waals surface area contributed by atoms with Gasteiger partial charge in [0.05, 0.1) is 0 Å². The van der Waals surface area contributed by atoms with Gasteiger partial charge in [-0.25, -0.2) is 0 Å². The number of Topliss-reactive ketones (excluding diaryl/α,β-unsaturated/α-hetero) is 1. The van der Waals surface area contributed by atoms with E-state index >= 15 is 0 Å². The highest BCUT2D eigenvalue weighted by atomic mass is 19.3. The lowest BCUT2D eigenvalue weighted by atomic mass is 9.91. The molecule has 70 valence electrons. The van der Waals surface area contributed by atoms with Gasteiger partial charge in [0.15, 0.2) is 5.78 Å². The summed E-state index contributed by atoms with van der Waals surface area (Å²) in [5.74, 6) is -5.00. The lowest BCUT2D eigenvalue weighted by Gasteiger charge is -2.27. The summed E-state index contributed by atoms with van der Waals surface area (Å²) < 4.78 is 31.0. The second-order valence-electron chi connectivity index (χ2n) is 3.07. The van der Waals surface area contributed by atoms with E-state index in [0.717, 1.165) is 6.92 Å². The first-order valence-electron chi connectivity index (χ1n) is 4.01. The van der Waals surface area contributed by atoms with Crippen molar-refractivity contribution in [3.8, 4) is 0 Å². The molecule has 0 radical (unpaired) electrons. The first-order valence-corrected chi connectivity index (χ1v) is 4.01. The molecule has 4 heteroatoms. The smallest absolute Gasteiger partial charge is 0.307 e. The van der Waals surface area contributed by atoms with Crippen LogP contribution in [0.4, 0.5) is 8.78 Å². The molecule has 0 aromatic rings. The molecule has 0 spiro atoms. The molecule has 1 heterocycles. The first kappa shape index (κ1) is 9.58. The Morgan fingerprint density at radius 3 is 2.33 bits per heavy atom. The molecule has 1 rings (SSSR count). The molecule has 0 atom stereocenters. The van der Waals surface area contributed by atoms with E-state index in [0.29, 0.717) is 13.2 Å². The Morgan fingerprint density at radius 1 is 1.42 bits per heavy atom. The molecule has 1 aliphatic heterocycles. The Balaban J connectivity index is 2.59. The van der Waals surface area contributed by atoms with Crippen LogP contribution in [0.3, 0.4) is 0 Å². The standard InChI is InChI=1S/C8H12F2O2/c1-6(11)8(9,10)7-2-4-12-5-3-7/h7H,2-5H2,1H3. The summed E-state index contributed by atoms with van der Waals surface area (Å²) in [4.78, 5) is 10.6. The third kappa shape index (κ3) is 1.80. The lowest BCUT2D eigenvalue weighted by molar-refractivity contribution is -0.154. The number of ether oxygens (including phenoxy) is 1. The summed E-state index contributed by atoms with van der Waals surface area (Å²) in [6, 6.07) is 0. The van der Waals surface area contributed by atoms with Gasteiger partial charge < -0.3 is 4.74 Å². The Labute approximate surface area is 69.9 Å².